The van der Waals surface area contributed by atoms with Crippen molar-refractivity contribution >= 4 is 5.97 Å². The maximum absolute atomic E-state index is 13.0. The van der Waals surface area contributed by atoms with Crippen LogP contribution in [0.2, 0.25) is 0 Å². The highest BCUT2D eigenvalue weighted by Crippen LogP contribution is 2.33. The molecule has 1 unspecified atom stereocenters. The molecule has 26 heavy (non-hydrogen) atoms. The average molecular weight is 365 g/mol. The van der Waals surface area contributed by atoms with E-state index < -0.39 is 23.8 Å². The highest BCUT2D eigenvalue weighted by molar-refractivity contribution is 5.74. The number of ether oxygens (including phenoxy) is 1. The number of methoxy groups -OCH3 is 1. The predicted molar refractivity (Wildman–Crippen MR) is 88.8 cm³/mol. The van der Waals surface area contributed by atoms with E-state index in [1.165, 1.54) is 6.07 Å². The summed E-state index contributed by atoms with van der Waals surface area (Å²) in [5.41, 5.74) is 1.32. The molecule has 0 radical (unpaired) electrons. The van der Waals surface area contributed by atoms with Crippen LogP contribution in [-0.2, 0) is 30.5 Å². The zero-order valence-corrected chi connectivity index (χ0v) is 14.1. The molecule has 0 saturated heterocycles. The minimum atomic E-state index is -4.42. The fraction of sp³-hybridized carbons (Fsp3) is 0.316. The largest absolute Gasteiger partial charge is 0.497 e. The first-order valence-electron chi connectivity index (χ1n) is 8.06. The number of hydrogen-bond acceptors (Lipinski definition) is 3. The normalized spacial score (nSPS) is 17.6. The zero-order valence-electron chi connectivity index (χ0n) is 14.1. The van der Waals surface area contributed by atoms with E-state index in [-0.39, 0.29) is 13.0 Å². The summed E-state index contributed by atoms with van der Waals surface area (Å²) in [7, 11) is 1.55. The Bertz CT molecular complexity index is 803. The van der Waals surface area contributed by atoms with Gasteiger partial charge in [-0.2, -0.15) is 13.2 Å². The first-order chi connectivity index (χ1) is 12.3. The van der Waals surface area contributed by atoms with E-state index in [0.717, 1.165) is 17.7 Å². The van der Waals surface area contributed by atoms with Crippen molar-refractivity contribution in [3.63, 3.8) is 0 Å². The number of benzene rings is 2. The van der Waals surface area contributed by atoms with Gasteiger partial charge in [-0.25, -0.2) is 0 Å². The molecule has 1 aliphatic heterocycles. The lowest BCUT2D eigenvalue weighted by atomic mass is 9.92. The van der Waals surface area contributed by atoms with Gasteiger partial charge in [0.25, 0.3) is 0 Å². The van der Waals surface area contributed by atoms with Crippen molar-refractivity contribution in [3.8, 4) is 5.75 Å². The number of carboxylic acids is 1. The number of halogens is 3. The lowest BCUT2D eigenvalue weighted by Crippen LogP contribution is -2.45. The van der Waals surface area contributed by atoms with Crippen molar-refractivity contribution in [3.05, 3.63) is 64.7 Å². The minimum Gasteiger partial charge on any atom is -0.497 e. The predicted octanol–water partition coefficient (Wildman–Crippen LogP) is 3.73. The molecule has 3 rings (SSSR count). The van der Waals surface area contributed by atoms with Crippen LogP contribution in [0.3, 0.4) is 0 Å². The van der Waals surface area contributed by atoms with Crippen molar-refractivity contribution in [2.45, 2.75) is 31.7 Å². The molecule has 1 heterocycles. The lowest BCUT2D eigenvalue weighted by Gasteiger charge is -2.34. The Balaban J connectivity index is 1.87. The number of fused-ring (bicyclic) bond motifs is 1. The average Bonchev–Trinajstić information content (AvgIpc) is 2.60. The van der Waals surface area contributed by atoms with Crippen LogP contribution in [0.15, 0.2) is 42.5 Å². The minimum absolute atomic E-state index is 0.155. The summed E-state index contributed by atoms with van der Waals surface area (Å²) in [6.45, 7) is 0.485. The second kappa shape index (κ2) is 6.99. The molecule has 0 aromatic heterocycles. The molecule has 1 atom stereocenters. The monoisotopic (exact) mass is 365 g/mol. The molecule has 0 fully saturated rings. The molecular weight excluding hydrogens is 347 g/mol. The van der Waals surface area contributed by atoms with Gasteiger partial charge >= 0.3 is 12.1 Å². The van der Waals surface area contributed by atoms with Crippen LogP contribution in [0.1, 0.15) is 22.3 Å². The highest BCUT2D eigenvalue weighted by atomic mass is 19.4. The number of hydrogen-bond donors (Lipinski definition) is 1. The van der Waals surface area contributed by atoms with E-state index in [4.69, 9.17) is 4.74 Å². The van der Waals surface area contributed by atoms with Crippen LogP contribution in [0.25, 0.3) is 0 Å². The molecule has 0 aliphatic carbocycles. The van der Waals surface area contributed by atoms with E-state index in [1.807, 2.05) is 12.1 Å². The number of alkyl halides is 3. The number of carbonyl (C=O) groups is 1. The molecule has 2 aromatic carbocycles. The fourth-order valence-electron chi connectivity index (χ4n) is 3.19. The van der Waals surface area contributed by atoms with Crippen molar-refractivity contribution < 1.29 is 27.8 Å². The van der Waals surface area contributed by atoms with Gasteiger partial charge in [0, 0.05) is 13.1 Å². The van der Waals surface area contributed by atoms with Gasteiger partial charge in [-0.05, 0) is 47.4 Å². The molecule has 2 aromatic rings. The van der Waals surface area contributed by atoms with Crippen LogP contribution >= 0.6 is 0 Å². The second-order valence-corrected chi connectivity index (χ2v) is 6.29. The van der Waals surface area contributed by atoms with Gasteiger partial charge in [0.15, 0.2) is 0 Å². The molecule has 0 saturated carbocycles. The highest BCUT2D eigenvalue weighted by Gasteiger charge is 2.35. The number of carboxylic acid groups (broad SMARTS) is 1. The molecular formula is C19H18F3NO3. The molecule has 138 valence electrons. The molecule has 7 heteroatoms. The van der Waals surface area contributed by atoms with Gasteiger partial charge in [0.2, 0.25) is 0 Å². The molecule has 0 spiro atoms. The first-order valence-corrected chi connectivity index (χ1v) is 8.06. The standard InChI is InChI=1S/C19H18F3NO3/c1-26-16-6-2-12(3-7-16)10-23-11-14-8-15(19(20,21)22)5-4-13(14)9-17(23)18(24)25/h2-8,17H,9-11H2,1H3,(H,24,25). The van der Waals surface area contributed by atoms with E-state index in [2.05, 4.69) is 0 Å². The number of rotatable bonds is 4. The molecule has 1 aliphatic rings. The first kappa shape index (κ1) is 18.3. The SMILES string of the molecule is COc1ccc(CN2Cc3cc(C(F)(F)F)ccc3CC2C(=O)O)cc1. The molecule has 0 bridgehead atoms. The summed E-state index contributed by atoms with van der Waals surface area (Å²) < 4.78 is 44.0. The van der Waals surface area contributed by atoms with Crippen LogP contribution in [0.4, 0.5) is 13.2 Å². The quantitative estimate of drug-likeness (QED) is 0.897. The molecule has 0 amide bonds. The summed E-state index contributed by atoms with van der Waals surface area (Å²) in [4.78, 5) is 13.3. The van der Waals surface area contributed by atoms with Crippen molar-refractivity contribution in [1.29, 1.82) is 0 Å². The van der Waals surface area contributed by atoms with E-state index in [0.29, 0.717) is 23.4 Å². The Kier molecular flexibility index (Phi) is 4.91. The third kappa shape index (κ3) is 3.83. The molecule has 4 nitrogen and oxygen atoms in total. The Hall–Kier alpha value is -2.54. The van der Waals surface area contributed by atoms with Crippen molar-refractivity contribution in [2.24, 2.45) is 0 Å². The summed E-state index contributed by atoms with van der Waals surface area (Å²) in [6.07, 6.45) is -4.24. The summed E-state index contributed by atoms with van der Waals surface area (Å²) in [5.74, 6) is -0.300. The molecule has 1 N–H and O–H groups in total. The maximum atomic E-state index is 13.0. The van der Waals surface area contributed by atoms with Gasteiger partial charge in [0.05, 0.1) is 12.7 Å². The number of aliphatic carboxylic acids is 1. The third-order valence-corrected chi connectivity index (χ3v) is 4.59. The Labute approximate surface area is 148 Å². The van der Waals surface area contributed by atoms with E-state index >= 15 is 0 Å². The van der Waals surface area contributed by atoms with Crippen molar-refractivity contribution in [1.82, 2.24) is 4.90 Å². The third-order valence-electron chi connectivity index (χ3n) is 4.59. The Morgan fingerprint density at radius 1 is 1.19 bits per heavy atom. The van der Waals surface area contributed by atoms with Crippen LogP contribution in [0.5, 0.6) is 5.75 Å². The summed E-state index contributed by atoms with van der Waals surface area (Å²) in [5, 5.41) is 9.54. The van der Waals surface area contributed by atoms with Crippen LogP contribution in [-0.4, -0.2) is 29.1 Å². The van der Waals surface area contributed by atoms with Crippen LogP contribution in [0, 0.1) is 0 Å². The number of nitrogens with zero attached hydrogens (tertiary/aromatic N) is 1. The smallest absolute Gasteiger partial charge is 0.416 e. The lowest BCUT2D eigenvalue weighted by molar-refractivity contribution is -0.144. The van der Waals surface area contributed by atoms with Gasteiger partial charge in [0.1, 0.15) is 11.8 Å². The Morgan fingerprint density at radius 3 is 2.46 bits per heavy atom. The Morgan fingerprint density at radius 2 is 1.88 bits per heavy atom. The maximum Gasteiger partial charge on any atom is 0.416 e. The second-order valence-electron chi connectivity index (χ2n) is 6.29. The van der Waals surface area contributed by atoms with Gasteiger partial charge in [-0.3, -0.25) is 9.69 Å². The summed E-state index contributed by atoms with van der Waals surface area (Å²) >= 11 is 0. The topological polar surface area (TPSA) is 49.8 Å². The van der Waals surface area contributed by atoms with Crippen LogP contribution < -0.4 is 4.74 Å². The summed E-state index contributed by atoms with van der Waals surface area (Å²) in [6, 6.07) is 9.92. The van der Waals surface area contributed by atoms with Gasteiger partial charge in [-0.1, -0.05) is 18.2 Å². The van der Waals surface area contributed by atoms with Gasteiger partial charge in [-0.15, -0.1) is 0 Å². The van der Waals surface area contributed by atoms with Gasteiger partial charge < -0.3 is 9.84 Å². The fourth-order valence-corrected chi connectivity index (χ4v) is 3.19. The van der Waals surface area contributed by atoms with Crippen molar-refractivity contribution in [2.75, 3.05) is 7.11 Å². The van der Waals surface area contributed by atoms with E-state index in [1.54, 1.807) is 24.1 Å². The van der Waals surface area contributed by atoms with E-state index in [9.17, 15) is 23.1 Å². The zero-order chi connectivity index (χ0) is 18.9.